The van der Waals surface area contributed by atoms with Crippen LogP contribution in [0.2, 0.25) is 0 Å². The van der Waals surface area contributed by atoms with E-state index in [0.29, 0.717) is 0 Å². The number of nitrogens with two attached hydrogens (primary N) is 1. The fourth-order valence-corrected chi connectivity index (χ4v) is 3.07. The highest BCUT2D eigenvalue weighted by Crippen LogP contribution is 2.18. The highest BCUT2D eigenvalue weighted by atomic mass is 32.2. The van der Waals surface area contributed by atoms with Gasteiger partial charge in [-0.2, -0.15) is 0 Å². The van der Waals surface area contributed by atoms with Gasteiger partial charge in [0.1, 0.15) is 5.82 Å². The highest BCUT2D eigenvalue weighted by Gasteiger charge is 2.17. The van der Waals surface area contributed by atoms with Crippen LogP contribution in [0.1, 0.15) is 18.4 Å². The first-order valence-corrected chi connectivity index (χ1v) is 7.98. The fourth-order valence-electron chi connectivity index (χ4n) is 1.91. The quantitative estimate of drug-likeness (QED) is 0.834. The summed E-state index contributed by atoms with van der Waals surface area (Å²) in [6.45, 7) is 2.18. The first kappa shape index (κ1) is 15.5. The summed E-state index contributed by atoms with van der Waals surface area (Å²) in [5, 5.41) is 0. The average molecular weight is 308 g/mol. The van der Waals surface area contributed by atoms with Crippen molar-refractivity contribution in [2.75, 3.05) is 12.3 Å². The van der Waals surface area contributed by atoms with Crippen molar-refractivity contribution in [1.29, 1.82) is 0 Å². The summed E-state index contributed by atoms with van der Waals surface area (Å²) in [5.41, 5.74) is 6.25. The van der Waals surface area contributed by atoms with Crippen LogP contribution >= 0.6 is 0 Å². The number of anilines is 1. The number of nitrogen functional groups attached to an aromatic ring is 1. The number of rotatable bonds is 5. The zero-order valence-electron chi connectivity index (χ0n) is 11.6. The van der Waals surface area contributed by atoms with Crippen LogP contribution in [0, 0.1) is 5.82 Å². The molecule has 0 radical (unpaired) electrons. The van der Waals surface area contributed by atoms with Gasteiger partial charge in [0.2, 0.25) is 10.0 Å². The molecular weight excluding hydrogens is 291 g/mol. The van der Waals surface area contributed by atoms with Gasteiger partial charge < -0.3 is 5.73 Å². The Balaban J connectivity index is 2.09. The van der Waals surface area contributed by atoms with E-state index in [1.165, 1.54) is 6.07 Å². The molecule has 2 rings (SSSR count). The largest absolute Gasteiger partial charge is 0.396 e. The van der Waals surface area contributed by atoms with Crippen LogP contribution in [-0.4, -0.2) is 15.0 Å². The number of benzene rings is 2. The molecule has 2 aromatic carbocycles. The fraction of sp³-hybridized carbons (Fsp3) is 0.200. The maximum Gasteiger partial charge on any atom is 0.240 e. The van der Waals surface area contributed by atoms with Gasteiger partial charge in [0.15, 0.2) is 0 Å². The maximum absolute atomic E-state index is 13.1. The third-order valence-corrected chi connectivity index (χ3v) is 4.65. The standard InChI is InChI=1S/C15H17FN2O2S/c1-11(12-5-3-2-4-6-12)10-18-21(19,20)13-7-8-14(16)15(17)9-13/h2-9,11,18H,10,17H2,1H3. The van der Waals surface area contributed by atoms with E-state index in [1.807, 2.05) is 37.3 Å². The van der Waals surface area contributed by atoms with Crippen LogP contribution in [0.15, 0.2) is 53.4 Å². The van der Waals surface area contributed by atoms with Crippen molar-refractivity contribution in [1.82, 2.24) is 4.72 Å². The predicted octanol–water partition coefficient (Wildman–Crippen LogP) is 2.49. The Labute approximate surface area is 123 Å². The van der Waals surface area contributed by atoms with Crippen molar-refractivity contribution in [3.8, 4) is 0 Å². The molecule has 0 aliphatic rings. The molecule has 1 unspecified atom stereocenters. The monoisotopic (exact) mass is 308 g/mol. The summed E-state index contributed by atoms with van der Waals surface area (Å²) < 4.78 is 39.9. The van der Waals surface area contributed by atoms with Gasteiger partial charge >= 0.3 is 0 Å². The number of sulfonamides is 1. The molecule has 0 fully saturated rings. The first-order chi connectivity index (χ1) is 9.90. The zero-order chi connectivity index (χ0) is 15.5. The van der Waals surface area contributed by atoms with E-state index in [2.05, 4.69) is 4.72 Å². The molecule has 1 atom stereocenters. The van der Waals surface area contributed by atoms with Gasteiger partial charge in [-0.1, -0.05) is 37.3 Å². The molecule has 0 amide bonds. The van der Waals surface area contributed by atoms with Gasteiger partial charge in [-0.25, -0.2) is 17.5 Å². The Morgan fingerprint density at radius 2 is 1.86 bits per heavy atom. The van der Waals surface area contributed by atoms with Crippen molar-refractivity contribution >= 4 is 15.7 Å². The second-order valence-corrected chi connectivity index (χ2v) is 6.61. The van der Waals surface area contributed by atoms with E-state index in [9.17, 15) is 12.8 Å². The van der Waals surface area contributed by atoms with Crippen LogP contribution < -0.4 is 10.5 Å². The minimum absolute atomic E-state index is 0.0266. The van der Waals surface area contributed by atoms with Gasteiger partial charge in [0.25, 0.3) is 0 Å². The summed E-state index contributed by atoms with van der Waals surface area (Å²) in [6.07, 6.45) is 0. The van der Waals surface area contributed by atoms with E-state index in [4.69, 9.17) is 5.73 Å². The Hall–Kier alpha value is -1.92. The maximum atomic E-state index is 13.1. The molecule has 0 heterocycles. The molecule has 0 spiro atoms. The van der Waals surface area contributed by atoms with Gasteiger partial charge in [-0.15, -0.1) is 0 Å². The van der Waals surface area contributed by atoms with Crippen molar-refractivity contribution in [2.45, 2.75) is 17.7 Å². The number of halogens is 1. The molecule has 4 nitrogen and oxygen atoms in total. The smallest absolute Gasteiger partial charge is 0.240 e. The van der Waals surface area contributed by atoms with Crippen LogP contribution in [-0.2, 0) is 10.0 Å². The van der Waals surface area contributed by atoms with Crippen LogP contribution in [0.3, 0.4) is 0 Å². The molecule has 21 heavy (non-hydrogen) atoms. The molecule has 0 bridgehead atoms. The molecule has 0 aliphatic heterocycles. The average Bonchev–Trinajstić information content (AvgIpc) is 2.48. The second kappa shape index (κ2) is 6.24. The van der Waals surface area contributed by atoms with Crippen molar-refractivity contribution < 1.29 is 12.8 Å². The summed E-state index contributed by atoms with van der Waals surface area (Å²) >= 11 is 0. The third-order valence-electron chi connectivity index (χ3n) is 3.23. The lowest BCUT2D eigenvalue weighted by Gasteiger charge is -2.13. The van der Waals surface area contributed by atoms with Crippen LogP contribution in [0.4, 0.5) is 10.1 Å². The Kier molecular flexibility index (Phi) is 4.59. The van der Waals surface area contributed by atoms with E-state index < -0.39 is 15.8 Å². The molecule has 0 aliphatic carbocycles. The summed E-state index contributed by atoms with van der Waals surface area (Å²) in [4.78, 5) is -0.0401. The highest BCUT2D eigenvalue weighted by molar-refractivity contribution is 7.89. The minimum Gasteiger partial charge on any atom is -0.396 e. The van der Waals surface area contributed by atoms with E-state index >= 15 is 0 Å². The van der Waals surface area contributed by atoms with E-state index in [0.717, 1.165) is 17.7 Å². The van der Waals surface area contributed by atoms with Gasteiger partial charge in [0.05, 0.1) is 10.6 Å². The molecule has 0 saturated heterocycles. The Morgan fingerprint density at radius 3 is 2.48 bits per heavy atom. The first-order valence-electron chi connectivity index (χ1n) is 6.50. The molecule has 0 aromatic heterocycles. The van der Waals surface area contributed by atoms with Crippen molar-refractivity contribution in [2.24, 2.45) is 0 Å². The van der Waals surface area contributed by atoms with Crippen molar-refractivity contribution in [3.05, 3.63) is 59.9 Å². The van der Waals surface area contributed by atoms with E-state index in [1.54, 1.807) is 0 Å². The SMILES string of the molecule is CC(CNS(=O)(=O)c1ccc(F)c(N)c1)c1ccccc1. The lowest BCUT2D eigenvalue weighted by Crippen LogP contribution is -2.27. The summed E-state index contributed by atoms with van der Waals surface area (Å²) in [5.74, 6) is -0.606. The molecule has 0 saturated carbocycles. The minimum atomic E-state index is -3.70. The Morgan fingerprint density at radius 1 is 1.19 bits per heavy atom. The zero-order valence-corrected chi connectivity index (χ0v) is 12.4. The Bertz CT molecular complexity index is 718. The number of hydrogen-bond acceptors (Lipinski definition) is 3. The molecule has 2 aromatic rings. The molecule has 6 heteroatoms. The number of nitrogens with one attached hydrogen (secondary N) is 1. The lowest BCUT2D eigenvalue weighted by atomic mass is 10.0. The lowest BCUT2D eigenvalue weighted by molar-refractivity contribution is 0.574. The predicted molar refractivity (Wildman–Crippen MR) is 80.9 cm³/mol. The van der Waals surface area contributed by atoms with Crippen molar-refractivity contribution in [3.63, 3.8) is 0 Å². The molecule has 112 valence electrons. The van der Waals surface area contributed by atoms with Gasteiger partial charge in [-0.05, 0) is 29.7 Å². The van der Waals surface area contributed by atoms with Crippen LogP contribution in [0.5, 0.6) is 0 Å². The third kappa shape index (κ3) is 3.80. The summed E-state index contributed by atoms with van der Waals surface area (Å²) in [6, 6.07) is 12.9. The van der Waals surface area contributed by atoms with Crippen LogP contribution in [0.25, 0.3) is 0 Å². The van der Waals surface area contributed by atoms with Gasteiger partial charge in [0, 0.05) is 6.54 Å². The topological polar surface area (TPSA) is 72.2 Å². The molecular formula is C15H17FN2O2S. The number of hydrogen-bond donors (Lipinski definition) is 2. The normalized spacial score (nSPS) is 13.0. The molecule has 3 N–H and O–H groups in total. The van der Waals surface area contributed by atoms with E-state index in [-0.39, 0.29) is 23.0 Å². The van der Waals surface area contributed by atoms with Gasteiger partial charge in [-0.3, -0.25) is 0 Å². The second-order valence-electron chi connectivity index (χ2n) is 4.85. The summed E-state index contributed by atoms with van der Waals surface area (Å²) in [7, 11) is -3.70.